The van der Waals surface area contributed by atoms with E-state index in [1.54, 1.807) is 0 Å². The molecule has 6 heteroatoms. The van der Waals surface area contributed by atoms with E-state index >= 15 is 0 Å². The summed E-state index contributed by atoms with van der Waals surface area (Å²) in [4.78, 5) is 1.95. The van der Waals surface area contributed by atoms with E-state index in [9.17, 15) is 0 Å². The van der Waals surface area contributed by atoms with E-state index in [1.807, 2.05) is 54.3 Å². The molecular formula is C18H22N6. The van der Waals surface area contributed by atoms with Gasteiger partial charge in [0.1, 0.15) is 6.67 Å². The van der Waals surface area contributed by atoms with E-state index in [0.29, 0.717) is 5.96 Å². The van der Waals surface area contributed by atoms with Gasteiger partial charge in [-0.2, -0.15) is 0 Å². The molecule has 0 fully saturated rings. The molecule has 1 aliphatic heterocycles. The van der Waals surface area contributed by atoms with Crippen molar-refractivity contribution in [2.45, 2.75) is 13.0 Å². The van der Waals surface area contributed by atoms with Crippen molar-refractivity contribution in [2.75, 3.05) is 26.1 Å². The van der Waals surface area contributed by atoms with Gasteiger partial charge in [0.25, 0.3) is 5.96 Å². The Kier molecular flexibility index (Phi) is 4.74. The lowest BCUT2D eigenvalue weighted by molar-refractivity contribution is 0.302. The SMILES string of the molecule is CC(Nc1ccc(N=NC2=NN(C)CN2C)cc1)c1ccccc1. The first-order chi connectivity index (χ1) is 11.6. The van der Waals surface area contributed by atoms with Crippen LogP contribution in [0.1, 0.15) is 18.5 Å². The second-order valence-electron chi connectivity index (χ2n) is 5.92. The highest BCUT2D eigenvalue weighted by Gasteiger charge is 2.15. The second-order valence-corrected chi connectivity index (χ2v) is 5.92. The molecule has 0 bridgehead atoms. The normalized spacial score (nSPS) is 15.7. The molecule has 1 heterocycles. The van der Waals surface area contributed by atoms with Crippen LogP contribution < -0.4 is 5.32 Å². The van der Waals surface area contributed by atoms with Crippen LogP contribution in [0.15, 0.2) is 69.9 Å². The minimum absolute atomic E-state index is 0.246. The lowest BCUT2D eigenvalue weighted by Crippen LogP contribution is -2.23. The Balaban J connectivity index is 1.62. The summed E-state index contributed by atoms with van der Waals surface area (Å²) in [6, 6.07) is 18.5. The summed E-state index contributed by atoms with van der Waals surface area (Å²) in [5.74, 6) is 0.623. The Bertz CT molecular complexity index is 723. The Morgan fingerprint density at radius 2 is 1.71 bits per heavy atom. The maximum absolute atomic E-state index is 4.28. The molecule has 1 atom stereocenters. The Hall–Kier alpha value is -2.89. The second kappa shape index (κ2) is 7.12. The monoisotopic (exact) mass is 322 g/mol. The molecule has 0 saturated heterocycles. The van der Waals surface area contributed by atoms with Crippen LogP contribution >= 0.6 is 0 Å². The van der Waals surface area contributed by atoms with Crippen molar-refractivity contribution in [3.05, 3.63) is 60.2 Å². The highest BCUT2D eigenvalue weighted by molar-refractivity contribution is 5.81. The third-order valence-electron chi connectivity index (χ3n) is 3.82. The first kappa shape index (κ1) is 16.0. The molecule has 0 amide bonds. The molecule has 3 rings (SSSR count). The average Bonchev–Trinajstić information content (AvgIpc) is 2.92. The first-order valence-corrected chi connectivity index (χ1v) is 7.96. The van der Waals surface area contributed by atoms with Gasteiger partial charge in [-0.3, -0.25) is 5.01 Å². The van der Waals surface area contributed by atoms with Crippen LogP contribution in [-0.4, -0.2) is 36.6 Å². The van der Waals surface area contributed by atoms with Crippen molar-refractivity contribution in [3.8, 4) is 0 Å². The highest BCUT2D eigenvalue weighted by atomic mass is 15.6. The number of hydrazone groups is 1. The molecule has 24 heavy (non-hydrogen) atoms. The molecule has 6 nitrogen and oxygen atoms in total. The number of nitrogens with one attached hydrogen (secondary N) is 1. The van der Waals surface area contributed by atoms with Gasteiger partial charge in [0.15, 0.2) is 0 Å². The number of hydrogen-bond donors (Lipinski definition) is 1. The van der Waals surface area contributed by atoms with Gasteiger partial charge in [-0.15, -0.1) is 15.3 Å². The number of nitrogens with zero attached hydrogens (tertiary/aromatic N) is 5. The van der Waals surface area contributed by atoms with Crippen molar-refractivity contribution in [2.24, 2.45) is 15.3 Å². The van der Waals surface area contributed by atoms with E-state index in [2.05, 4.69) is 51.8 Å². The topological polar surface area (TPSA) is 55.6 Å². The lowest BCUT2D eigenvalue weighted by Gasteiger charge is -2.15. The molecule has 1 N–H and O–H groups in total. The first-order valence-electron chi connectivity index (χ1n) is 7.96. The van der Waals surface area contributed by atoms with Gasteiger partial charge in [-0.1, -0.05) is 30.3 Å². The fraction of sp³-hybridized carbons (Fsp3) is 0.278. The molecule has 0 aromatic heterocycles. The zero-order chi connectivity index (χ0) is 16.9. The molecule has 124 valence electrons. The number of benzene rings is 2. The summed E-state index contributed by atoms with van der Waals surface area (Å²) in [5, 5.41) is 18.0. The Morgan fingerprint density at radius 3 is 2.33 bits per heavy atom. The van der Waals surface area contributed by atoms with E-state index in [0.717, 1.165) is 18.0 Å². The van der Waals surface area contributed by atoms with Gasteiger partial charge < -0.3 is 10.2 Å². The van der Waals surface area contributed by atoms with Crippen molar-refractivity contribution in [1.82, 2.24) is 9.91 Å². The van der Waals surface area contributed by atoms with Gasteiger partial charge in [0, 0.05) is 25.8 Å². The number of guanidine groups is 1. The molecule has 2 aromatic rings. The fourth-order valence-corrected chi connectivity index (χ4v) is 2.53. The summed E-state index contributed by atoms with van der Waals surface area (Å²) < 4.78 is 0. The molecule has 0 radical (unpaired) electrons. The maximum Gasteiger partial charge on any atom is 0.263 e. The number of hydrogen-bond acceptors (Lipinski definition) is 6. The summed E-state index contributed by atoms with van der Waals surface area (Å²) in [6.07, 6.45) is 0. The summed E-state index contributed by atoms with van der Waals surface area (Å²) in [6.45, 7) is 2.88. The molecule has 1 unspecified atom stereocenters. The van der Waals surface area contributed by atoms with Crippen molar-refractivity contribution in [1.29, 1.82) is 0 Å². The Labute approximate surface area is 142 Å². The molecule has 1 aliphatic rings. The van der Waals surface area contributed by atoms with Crippen LogP contribution in [-0.2, 0) is 0 Å². The van der Waals surface area contributed by atoms with Crippen LogP contribution in [0.25, 0.3) is 0 Å². The predicted octanol–water partition coefficient (Wildman–Crippen LogP) is 4.05. The molecule has 2 aromatic carbocycles. The predicted molar refractivity (Wildman–Crippen MR) is 97.3 cm³/mol. The van der Waals surface area contributed by atoms with Gasteiger partial charge in [0.05, 0.1) is 5.69 Å². The smallest absolute Gasteiger partial charge is 0.263 e. The standard InChI is InChI=1S/C18H22N6/c1-14(15-7-5-4-6-8-15)19-16-9-11-17(12-10-16)20-21-18-22-24(3)13-23(18)2/h4-12,14,19H,13H2,1-3H3. The van der Waals surface area contributed by atoms with E-state index in [-0.39, 0.29) is 6.04 Å². The van der Waals surface area contributed by atoms with Crippen LogP contribution in [0.2, 0.25) is 0 Å². The largest absolute Gasteiger partial charge is 0.379 e. The summed E-state index contributed by atoms with van der Waals surface area (Å²) >= 11 is 0. The lowest BCUT2D eigenvalue weighted by atomic mass is 10.1. The van der Waals surface area contributed by atoms with Crippen molar-refractivity contribution >= 4 is 17.3 Å². The van der Waals surface area contributed by atoms with Gasteiger partial charge in [0.2, 0.25) is 0 Å². The number of rotatable bonds is 4. The highest BCUT2D eigenvalue weighted by Crippen LogP contribution is 2.22. The van der Waals surface area contributed by atoms with Gasteiger partial charge in [-0.25, -0.2) is 0 Å². The van der Waals surface area contributed by atoms with Crippen LogP contribution in [0.4, 0.5) is 11.4 Å². The number of azo groups is 1. The average molecular weight is 322 g/mol. The molecule has 0 aliphatic carbocycles. The molecule has 0 saturated carbocycles. The minimum Gasteiger partial charge on any atom is -0.379 e. The fourth-order valence-electron chi connectivity index (χ4n) is 2.53. The van der Waals surface area contributed by atoms with Gasteiger partial charge >= 0.3 is 0 Å². The van der Waals surface area contributed by atoms with Crippen LogP contribution in [0, 0.1) is 0 Å². The van der Waals surface area contributed by atoms with Gasteiger partial charge in [-0.05, 0) is 36.8 Å². The molecular weight excluding hydrogens is 300 g/mol. The zero-order valence-corrected chi connectivity index (χ0v) is 14.2. The zero-order valence-electron chi connectivity index (χ0n) is 14.2. The van der Waals surface area contributed by atoms with Crippen LogP contribution in [0.5, 0.6) is 0 Å². The summed E-state index contributed by atoms with van der Waals surface area (Å²) in [5.41, 5.74) is 3.12. The third-order valence-corrected chi connectivity index (χ3v) is 3.82. The van der Waals surface area contributed by atoms with Crippen LogP contribution in [0.3, 0.4) is 0 Å². The van der Waals surface area contributed by atoms with E-state index < -0.39 is 0 Å². The third kappa shape index (κ3) is 3.90. The maximum atomic E-state index is 4.28. The molecule has 0 spiro atoms. The Morgan fingerprint density at radius 1 is 1.00 bits per heavy atom. The van der Waals surface area contributed by atoms with E-state index in [1.165, 1.54) is 5.56 Å². The number of anilines is 1. The van der Waals surface area contributed by atoms with Crippen molar-refractivity contribution in [3.63, 3.8) is 0 Å². The van der Waals surface area contributed by atoms with Crippen molar-refractivity contribution < 1.29 is 0 Å². The summed E-state index contributed by atoms with van der Waals surface area (Å²) in [7, 11) is 3.85. The van der Waals surface area contributed by atoms with E-state index in [4.69, 9.17) is 0 Å². The minimum atomic E-state index is 0.246. The quantitative estimate of drug-likeness (QED) is 0.864.